The number of carbonyl (C=O) groups excluding carboxylic acids is 1. The van der Waals surface area contributed by atoms with Gasteiger partial charge in [0.25, 0.3) is 0 Å². The van der Waals surface area contributed by atoms with Crippen molar-refractivity contribution < 1.29 is 9.53 Å². The largest absolute Gasteiger partial charge is 0.496 e. The summed E-state index contributed by atoms with van der Waals surface area (Å²) in [6, 6.07) is 7.59. The Kier molecular flexibility index (Phi) is 4.73. The van der Waals surface area contributed by atoms with Crippen LogP contribution in [0.1, 0.15) is 32.4 Å². The average Bonchev–Trinajstić information content (AvgIpc) is 2.38. The molecule has 18 heavy (non-hydrogen) atoms. The summed E-state index contributed by atoms with van der Waals surface area (Å²) < 4.78 is 5.29. The molecule has 0 heterocycles. The molecule has 1 rings (SSSR count). The van der Waals surface area contributed by atoms with Gasteiger partial charge in [-0.3, -0.25) is 4.79 Å². The predicted octanol–water partition coefficient (Wildman–Crippen LogP) is 1.87. The summed E-state index contributed by atoms with van der Waals surface area (Å²) in [5, 5.41) is 5.96. The smallest absolute Gasteiger partial charge is 0.240 e. The Balaban J connectivity index is 2.83. The normalized spacial score (nSPS) is 12.9. The molecule has 0 spiro atoms. The molecule has 0 saturated heterocycles. The lowest BCUT2D eigenvalue weighted by Crippen LogP contribution is -2.51. The Bertz CT molecular complexity index is 416. The molecule has 0 saturated carbocycles. The van der Waals surface area contributed by atoms with E-state index in [1.54, 1.807) is 14.2 Å². The van der Waals surface area contributed by atoms with Gasteiger partial charge in [0.05, 0.1) is 18.7 Å². The monoisotopic (exact) mass is 250 g/mol. The quantitative estimate of drug-likeness (QED) is 0.839. The predicted molar refractivity (Wildman–Crippen MR) is 72.7 cm³/mol. The number of nitrogens with one attached hydrogen (secondary N) is 2. The summed E-state index contributed by atoms with van der Waals surface area (Å²) in [6.07, 6.45) is 0. The Morgan fingerprint density at radius 2 is 1.94 bits per heavy atom. The average molecular weight is 250 g/mol. The van der Waals surface area contributed by atoms with Crippen molar-refractivity contribution in [3.8, 4) is 5.75 Å². The fourth-order valence-electron chi connectivity index (χ4n) is 1.59. The zero-order valence-corrected chi connectivity index (χ0v) is 11.7. The maximum absolute atomic E-state index is 12.1. The summed E-state index contributed by atoms with van der Waals surface area (Å²) in [6.45, 7) is 5.63. The molecule has 1 amide bonds. The van der Waals surface area contributed by atoms with Crippen molar-refractivity contribution in [2.75, 3.05) is 14.2 Å². The molecule has 0 bridgehead atoms. The standard InChI is InChI=1S/C14H22N2O2/c1-10(16-13(17)14(2,3)15-4)11-8-6-7-9-12(11)18-5/h6-10,15H,1-5H3,(H,16,17)/t10-/m0/s1. The van der Waals surface area contributed by atoms with Crippen molar-refractivity contribution >= 4 is 5.91 Å². The minimum Gasteiger partial charge on any atom is -0.496 e. The van der Waals surface area contributed by atoms with Crippen molar-refractivity contribution in [1.82, 2.24) is 10.6 Å². The molecule has 0 unspecified atom stereocenters. The highest BCUT2D eigenvalue weighted by molar-refractivity contribution is 5.85. The van der Waals surface area contributed by atoms with Crippen LogP contribution in [0.15, 0.2) is 24.3 Å². The molecule has 0 fully saturated rings. The van der Waals surface area contributed by atoms with Crippen LogP contribution in [0.25, 0.3) is 0 Å². The van der Waals surface area contributed by atoms with Gasteiger partial charge in [0.1, 0.15) is 5.75 Å². The topological polar surface area (TPSA) is 50.4 Å². The van der Waals surface area contributed by atoms with Crippen LogP contribution >= 0.6 is 0 Å². The molecule has 1 aromatic carbocycles. The Hall–Kier alpha value is -1.55. The molecular weight excluding hydrogens is 228 g/mol. The van der Waals surface area contributed by atoms with Gasteiger partial charge in [-0.25, -0.2) is 0 Å². The van der Waals surface area contributed by atoms with Crippen molar-refractivity contribution in [3.63, 3.8) is 0 Å². The van der Waals surface area contributed by atoms with E-state index < -0.39 is 5.54 Å². The van der Waals surface area contributed by atoms with Crippen molar-refractivity contribution in [3.05, 3.63) is 29.8 Å². The number of hydrogen-bond acceptors (Lipinski definition) is 3. The molecule has 0 aromatic heterocycles. The number of carbonyl (C=O) groups is 1. The molecule has 0 aliphatic carbocycles. The molecule has 0 radical (unpaired) electrons. The Morgan fingerprint density at radius 1 is 1.33 bits per heavy atom. The van der Waals surface area contributed by atoms with Gasteiger partial charge in [0.2, 0.25) is 5.91 Å². The van der Waals surface area contributed by atoms with Crippen LogP contribution in [0.4, 0.5) is 0 Å². The highest BCUT2D eigenvalue weighted by Crippen LogP contribution is 2.24. The summed E-state index contributed by atoms with van der Waals surface area (Å²) in [5.41, 5.74) is 0.385. The van der Waals surface area contributed by atoms with E-state index in [2.05, 4.69) is 10.6 Å². The minimum atomic E-state index is -0.587. The van der Waals surface area contributed by atoms with Crippen molar-refractivity contribution in [1.29, 1.82) is 0 Å². The Labute approximate surface area is 109 Å². The molecule has 2 N–H and O–H groups in total. The van der Waals surface area contributed by atoms with Crippen molar-refractivity contribution in [2.24, 2.45) is 0 Å². The summed E-state index contributed by atoms with van der Waals surface area (Å²) >= 11 is 0. The molecule has 4 heteroatoms. The lowest BCUT2D eigenvalue weighted by Gasteiger charge is -2.26. The lowest BCUT2D eigenvalue weighted by molar-refractivity contribution is -0.126. The van der Waals surface area contributed by atoms with Crippen LogP contribution in [-0.4, -0.2) is 25.6 Å². The van der Waals surface area contributed by atoms with E-state index in [4.69, 9.17) is 4.74 Å². The van der Waals surface area contributed by atoms with Crippen LogP contribution < -0.4 is 15.4 Å². The summed E-state index contributed by atoms with van der Waals surface area (Å²) in [7, 11) is 3.40. The number of hydrogen-bond donors (Lipinski definition) is 2. The van der Waals surface area contributed by atoms with Gasteiger partial charge in [0.15, 0.2) is 0 Å². The van der Waals surface area contributed by atoms with Gasteiger partial charge in [-0.1, -0.05) is 18.2 Å². The first-order chi connectivity index (χ1) is 8.42. The minimum absolute atomic E-state index is 0.0385. The number of benzene rings is 1. The van der Waals surface area contributed by atoms with E-state index in [9.17, 15) is 4.79 Å². The van der Waals surface area contributed by atoms with Crippen LogP contribution in [0, 0.1) is 0 Å². The molecule has 4 nitrogen and oxygen atoms in total. The maximum Gasteiger partial charge on any atom is 0.240 e. The third-order valence-corrected chi connectivity index (χ3v) is 3.15. The van der Waals surface area contributed by atoms with E-state index in [1.807, 2.05) is 45.0 Å². The fraction of sp³-hybridized carbons (Fsp3) is 0.500. The van der Waals surface area contributed by atoms with Crippen LogP contribution in [0.3, 0.4) is 0 Å². The third kappa shape index (κ3) is 3.23. The number of ether oxygens (including phenoxy) is 1. The first-order valence-corrected chi connectivity index (χ1v) is 6.05. The molecule has 1 atom stereocenters. The third-order valence-electron chi connectivity index (χ3n) is 3.15. The van der Waals surface area contributed by atoms with E-state index in [-0.39, 0.29) is 11.9 Å². The molecule has 0 aliphatic rings. The number of para-hydroxylation sites is 1. The second-order valence-electron chi connectivity index (χ2n) is 4.81. The van der Waals surface area contributed by atoms with E-state index in [1.165, 1.54) is 0 Å². The number of likely N-dealkylation sites (N-methyl/N-ethyl adjacent to an activating group) is 1. The fourth-order valence-corrected chi connectivity index (χ4v) is 1.59. The molecule has 1 aromatic rings. The van der Waals surface area contributed by atoms with Crippen LogP contribution in [-0.2, 0) is 4.79 Å². The highest BCUT2D eigenvalue weighted by atomic mass is 16.5. The zero-order chi connectivity index (χ0) is 13.8. The van der Waals surface area contributed by atoms with Gasteiger partial charge < -0.3 is 15.4 Å². The highest BCUT2D eigenvalue weighted by Gasteiger charge is 2.27. The van der Waals surface area contributed by atoms with Crippen molar-refractivity contribution in [2.45, 2.75) is 32.4 Å². The number of rotatable bonds is 5. The van der Waals surface area contributed by atoms with Gasteiger partial charge in [-0.15, -0.1) is 0 Å². The number of amides is 1. The maximum atomic E-state index is 12.1. The molecule has 0 aliphatic heterocycles. The summed E-state index contributed by atoms with van der Waals surface area (Å²) in [4.78, 5) is 12.1. The number of methoxy groups -OCH3 is 1. The van der Waals surface area contributed by atoms with Gasteiger partial charge >= 0.3 is 0 Å². The van der Waals surface area contributed by atoms with Crippen LogP contribution in [0.2, 0.25) is 0 Å². The van der Waals surface area contributed by atoms with E-state index in [0.717, 1.165) is 11.3 Å². The van der Waals surface area contributed by atoms with Gasteiger partial charge in [0, 0.05) is 5.56 Å². The lowest BCUT2D eigenvalue weighted by atomic mass is 10.0. The second-order valence-corrected chi connectivity index (χ2v) is 4.81. The van der Waals surface area contributed by atoms with Crippen LogP contribution in [0.5, 0.6) is 5.75 Å². The molecule has 100 valence electrons. The first kappa shape index (κ1) is 14.5. The van der Waals surface area contributed by atoms with Gasteiger partial charge in [-0.05, 0) is 33.9 Å². The second kappa shape index (κ2) is 5.87. The van der Waals surface area contributed by atoms with E-state index in [0.29, 0.717) is 0 Å². The SMILES string of the molecule is CNC(C)(C)C(=O)N[C@@H](C)c1ccccc1OC. The zero-order valence-electron chi connectivity index (χ0n) is 11.7. The first-order valence-electron chi connectivity index (χ1n) is 6.05. The van der Waals surface area contributed by atoms with E-state index >= 15 is 0 Å². The summed E-state index contributed by atoms with van der Waals surface area (Å²) in [5.74, 6) is 0.746. The Morgan fingerprint density at radius 3 is 2.50 bits per heavy atom. The van der Waals surface area contributed by atoms with Gasteiger partial charge in [-0.2, -0.15) is 0 Å². The molecular formula is C14H22N2O2.